The van der Waals surface area contributed by atoms with Crippen LogP contribution in [0.25, 0.3) is 0 Å². The molecule has 0 aliphatic carbocycles. The van der Waals surface area contributed by atoms with Gasteiger partial charge < -0.3 is 9.64 Å². The smallest absolute Gasteiger partial charge is 0.261 e. The molecule has 3 rings (SSSR count). The molecule has 1 heterocycles. The molecule has 3 amide bonds. The van der Waals surface area contributed by atoms with E-state index in [2.05, 4.69) is 0 Å². The van der Waals surface area contributed by atoms with E-state index in [4.69, 9.17) is 4.74 Å². The first-order chi connectivity index (χ1) is 13.5. The molecule has 0 aromatic heterocycles. The molecule has 0 saturated carbocycles. The maximum absolute atomic E-state index is 12.4. The van der Waals surface area contributed by atoms with Crippen molar-refractivity contribution < 1.29 is 19.1 Å². The number of imide groups is 1. The Morgan fingerprint density at radius 3 is 2.18 bits per heavy atom. The molecule has 0 saturated heterocycles. The Labute approximate surface area is 164 Å². The lowest BCUT2D eigenvalue weighted by Gasteiger charge is -2.19. The fourth-order valence-electron chi connectivity index (χ4n) is 3.24. The largest absolute Gasteiger partial charge is 0.494 e. The SMILES string of the molecule is CCOc1ccc(CN(C)C(=O)CCCN2C(=O)c3ccccc3C2=O)cc1. The van der Waals surface area contributed by atoms with Gasteiger partial charge in [-0.3, -0.25) is 19.3 Å². The van der Waals surface area contributed by atoms with Gasteiger partial charge in [0.25, 0.3) is 11.8 Å². The molecule has 1 aliphatic rings. The van der Waals surface area contributed by atoms with Crippen molar-refractivity contribution >= 4 is 17.7 Å². The predicted molar refractivity (Wildman–Crippen MR) is 105 cm³/mol. The van der Waals surface area contributed by atoms with E-state index in [1.165, 1.54) is 4.90 Å². The van der Waals surface area contributed by atoms with Crippen molar-refractivity contribution in [2.24, 2.45) is 0 Å². The molecular formula is C22H24N2O4. The Bertz CT molecular complexity index is 841. The standard InChI is InChI=1S/C22H24N2O4/c1-3-28-17-12-10-16(11-13-17)15-23(2)20(25)9-6-14-24-21(26)18-7-4-5-8-19(18)22(24)27/h4-5,7-8,10-13H,3,6,9,14-15H2,1-2H3. The maximum atomic E-state index is 12.4. The second-order valence-electron chi connectivity index (χ2n) is 6.74. The Balaban J connectivity index is 1.48. The van der Waals surface area contributed by atoms with Gasteiger partial charge >= 0.3 is 0 Å². The molecule has 28 heavy (non-hydrogen) atoms. The van der Waals surface area contributed by atoms with Crippen LogP contribution in [0.2, 0.25) is 0 Å². The quantitative estimate of drug-likeness (QED) is 0.660. The Hall–Kier alpha value is -3.15. The zero-order valence-corrected chi connectivity index (χ0v) is 16.2. The molecule has 0 bridgehead atoms. The van der Waals surface area contributed by atoms with E-state index in [0.717, 1.165) is 11.3 Å². The normalized spacial score (nSPS) is 12.9. The van der Waals surface area contributed by atoms with Gasteiger partial charge in [0, 0.05) is 26.6 Å². The maximum Gasteiger partial charge on any atom is 0.261 e. The van der Waals surface area contributed by atoms with Gasteiger partial charge in [-0.2, -0.15) is 0 Å². The molecule has 0 atom stereocenters. The number of rotatable bonds is 8. The molecule has 0 unspecified atom stereocenters. The van der Waals surface area contributed by atoms with Crippen molar-refractivity contribution in [3.8, 4) is 5.75 Å². The number of carbonyl (C=O) groups is 3. The lowest BCUT2D eigenvalue weighted by Crippen LogP contribution is -2.32. The minimum atomic E-state index is -0.282. The summed E-state index contributed by atoms with van der Waals surface area (Å²) in [4.78, 5) is 39.9. The van der Waals surface area contributed by atoms with Crippen LogP contribution in [0, 0.1) is 0 Å². The van der Waals surface area contributed by atoms with Crippen LogP contribution in [-0.4, -0.2) is 47.7 Å². The highest BCUT2D eigenvalue weighted by molar-refractivity contribution is 6.21. The average molecular weight is 380 g/mol. The van der Waals surface area contributed by atoms with Crippen molar-refractivity contribution in [2.75, 3.05) is 20.2 Å². The van der Waals surface area contributed by atoms with Crippen LogP contribution in [0.5, 0.6) is 5.75 Å². The Morgan fingerprint density at radius 2 is 1.61 bits per heavy atom. The predicted octanol–water partition coefficient (Wildman–Crippen LogP) is 3.12. The molecular weight excluding hydrogens is 356 g/mol. The van der Waals surface area contributed by atoms with Gasteiger partial charge in [0.15, 0.2) is 0 Å². The van der Waals surface area contributed by atoms with Crippen molar-refractivity contribution in [2.45, 2.75) is 26.3 Å². The number of hydrogen-bond donors (Lipinski definition) is 0. The highest BCUT2D eigenvalue weighted by atomic mass is 16.5. The monoisotopic (exact) mass is 380 g/mol. The number of ether oxygens (including phenoxy) is 1. The number of amides is 3. The summed E-state index contributed by atoms with van der Waals surface area (Å²) in [6, 6.07) is 14.5. The third kappa shape index (κ3) is 4.22. The van der Waals surface area contributed by atoms with Crippen LogP contribution in [0.15, 0.2) is 48.5 Å². The van der Waals surface area contributed by atoms with Crippen molar-refractivity contribution in [3.63, 3.8) is 0 Å². The minimum absolute atomic E-state index is 0.0227. The molecule has 0 N–H and O–H groups in total. The van der Waals surface area contributed by atoms with Gasteiger partial charge in [-0.1, -0.05) is 24.3 Å². The third-order valence-electron chi connectivity index (χ3n) is 4.73. The van der Waals surface area contributed by atoms with E-state index >= 15 is 0 Å². The van der Waals surface area contributed by atoms with Crippen molar-refractivity contribution in [1.29, 1.82) is 0 Å². The number of benzene rings is 2. The number of fused-ring (bicyclic) bond motifs is 1. The highest BCUT2D eigenvalue weighted by Crippen LogP contribution is 2.22. The van der Waals surface area contributed by atoms with E-state index in [-0.39, 0.29) is 30.7 Å². The molecule has 2 aromatic carbocycles. The highest BCUT2D eigenvalue weighted by Gasteiger charge is 2.34. The van der Waals surface area contributed by atoms with Crippen molar-refractivity contribution in [3.05, 3.63) is 65.2 Å². The lowest BCUT2D eigenvalue weighted by molar-refractivity contribution is -0.130. The van der Waals surface area contributed by atoms with E-state index in [1.54, 1.807) is 36.2 Å². The first-order valence-electron chi connectivity index (χ1n) is 9.42. The summed E-state index contributed by atoms with van der Waals surface area (Å²) >= 11 is 0. The topological polar surface area (TPSA) is 66.9 Å². The second kappa shape index (κ2) is 8.69. The summed E-state index contributed by atoms with van der Waals surface area (Å²) in [6.45, 7) is 3.29. The molecule has 6 heteroatoms. The van der Waals surface area contributed by atoms with Crippen LogP contribution in [0.1, 0.15) is 46.0 Å². The van der Waals surface area contributed by atoms with Gasteiger partial charge in [-0.25, -0.2) is 0 Å². The first kappa shape index (κ1) is 19.6. The van der Waals surface area contributed by atoms with E-state index in [9.17, 15) is 14.4 Å². The molecule has 0 radical (unpaired) electrons. The van der Waals surface area contributed by atoms with E-state index in [1.807, 2.05) is 31.2 Å². The van der Waals surface area contributed by atoms with Crippen LogP contribution in [0.4, 0.5) is 0 Å². The summed E-state index contributed by atoms with van der Waals surface area (Å²) in [6.07, 6.45) is 0.721. The molecule has 0 spiro atoms. The van der Waals surface area contributed by atoms with Gasteiger partial charge in [0.1, 0.15) is 5.75 Å². The summed E-state index contributed by atoms with van der Waals surface area (Å²) in [5.41, 5.74) is 1.89. The van der Waals surface area contributed by atoms with Crippen LogP contribution >= 0.6 is 0 Å². The second-order valence-corrected chi connectivity index (χ2v) is 6.74. The fraction of sp³-hybridized carbons (Fsp3) is 0.318. The molecule has 2 aromatic rings. The molecule has 0 fully saturated rings. The van der Waals surface area contributed by atoms with Gasteiger partial charge in [0.2, 0.25) is 5.91 Å². The fourth-order valence-corrected chi connectivity index (χ4v) is 3.24. The van der Waals surface area contributed by atoms with Crippen LogP contribution in [0.3, 0.4) is 0 Å². The number of carbonyl (C=O) groups excluding carboxylic acids is 3. The summed E-state index contributed by atoms with van der Waals surface area (Å²) in [5.74, 6) is 0.221. The van der Waals surface area contributed by atoms with Crippen LogP contribution < -0.4 is 4.74 Å². The summed E-state index contributed by atoms with van der Waals surface area (Å²) in [5, 5.41) is 0. The van der Waals surface area contributed by atoms with Gasteiger partial charge in [-0.05, 0) is 43.2 Å². The third-order valence-corrected chi connectivity index (χ3v) is 4.73. The average Bonchev–Trinajstić information content (AvgIpc) is 2.94. The minimum Gasteiger partial charge on any atom is -0.494 e. The number of hydrogen-bond acceptors (Lipinski definition) is 4. The summed E-state index contributed by atoms with van der Waals surface area (Å²) in [7, 11) is 1.75. The Morgan fingerprint density at radius 1 is 1.00 bits per heavy atom. The number of nitrogens with zero attached hydrogens (tertiary/aromatic N) is 2. The van der Waals surface area contributed by atoms with Crippen LogP contribution in [-0.2, 0) is 11.3 Å². The zero-order valence-electron chi connectivity index (χ0n) is 16.2. The molecule has 146 valence electrons. The van der Waals surface area contributed by atoms with Crippen molar-refractivity contribution in [1.82, 2.24) is 9.80 Å². The van der Waals surface area contributed by atoms with E-state index in [0.29, 0.717) is 30.7 Å². The lowest BCUT2D eigenvalue weighted by atomic mass is 10.1. The molecule has 1 aliphatic heterocycles. The summed E-state index contributed by atoms with van der Waals surface area (Å²) < 4.78 is 5.42. The first-order valence-corrected chi connectivity index (χ1v) is 9.42. The molecule has 6 nitrogen and oxygen atoms in total. The van der Waals surface area contributed by atoms with Gasteiger partial charge in [0.05, 0.1) is 17.7 Å². The zero-order chi connectivity index (χ0) is 20.1. The van der Waals surface area contributed by atoms with E-state index < -0.39 is 0 Å². The van der Waals surface area contributed by atoms with Gasteiger partial charge in [-0.15, -0.1) is 0 Å². The Kier molecular flexibility index (Phi) is 6.09.